The minimum atomic E-state index is -0.671. The number of halogens is 2. The molecule has 128 valence electrons. The zero-order chi connectivity index (χ0) is 16.9. The molecule has 0 bridgehead atoms. The molecule has 1 saturated heterocycles. The topological polar surface area (TPSA) is 33.3 Å². The van der Waals surface area contributed by atoms with Crippen molar-refractivity contribution in [1.29, 1.82) is 0 Å². The quantitative estimate of drug-likeness (QED) is 0.878. The predicted octanol–water partition coefficient (Wildman–Crippen LogP) is 3.56. The van der Waals surface area contributed by atoms with E-state index >= 15 is 0 Å². The molecule has 1 fully saturated rings. The third kappa shape index (κ3) is 3.74. The van der Waals surface area contributed by atoms with Crippen LogP contribution in [-0.4, -0.2) is 19.7 Å². The van der Waals surface area contributed by atoms with Crippen molar-refractivity contribution >= 4 is 0 Å². The van der Waals surface area contributed by atoms with Crippen molar-refractivity contribution in [3.63, 3.8) is 0 Å². The number of piperidine rings is 1. The molecule has 3 nitrogen and oxygen atoms in total. The Hall–Kier alpha value is -1.98. The van der Waals surface area contributed by atoms with E-state index in [1.54, 1.807) is 0 Å². The van der Waals surface area contributed by atoms with Gasteiger partial charge in [-0.1, -0.05) is 30.3 Å². The maximum Gasteiger partial charge on any atom is 0.168 e. The zero-order valence-corrected chi connectivity index (χ0v) is 13.7. The van der Waals surface area contributed by atoms with Gasteiger partial charge in [-0.25, -0.2) is 8.78 Å². The molecule has 1 aliphatic rings. The first kappa shape index (κ1) is 16.9. The van der Waals surface area contributed by atoms with Crippen molar-refractivity contribution in [2.75, 3.05) is 13.7 Å². The van der Waals surface area contributed by atoms with Crippen LogP contribution < -0.4 is 15.4 Å². The number of hydrogen-bond donors (Lipinski definition) is 2. The first-order valence-corrected chi connectivity index (χ1v) is 8.22. The second-order valence-corrected chi connectivity index (χ2v) is 6.05. The van der Waals surface area contributed by atoms with E-state index in [-0.39, 0.29) is 17.8 Å². The number of hydrogen-bond acceptors (Lipinski definition) is 3. The lowest BCUT2D eigenvalue weighted by Crippen LogP contribution is -2.45. The number of ether oxygens (including phenoxy) is 1. The van der Waals surface area contributed by atoms with Crippen LogP contribution in [-0.2, 0) is 6.54 Å². The van der Waals surface area contributed by atoms with Crippen LogP contribution in [0.5, 0.6) is 5.75 Å². The summed E-state index contributed by atoms with van der Waals surface area (Å²) < 4.78 is 32.4. The fourth-order valence-electron chi connectivity index (χ4n) is 3.33. The van der Waals surface area contributed by atoms with Gasteiger partial charge >= 0.3 is 0 Å². The molecule has 1 aliphatic heterocycles. The van der Waals surface area contributed by atoms with E-state index in [4.69, 9.17) is 4.74 Å². The average Bonchev–Trinajstić information content (AvgIpc) is 2.60. The van der Waals surface area contributed by atoms with E-state index in [9.17, 15) is 8.78 Å². The highest BCUT2D eigenvalue weighted by molar-refractivity contribution is 5.35. The molecule has 2 atom stereocenters. The SMILES string of the molecule is COc1c(F)cc(F)cc1CN[C@H]1CCCN[C@H]1c1ccccc1. The maximum atomic E-state index is 13.8. The monoisotopic (exact) mass is 332 g/mol. The van der Waals surface area contributed by atoms with Crippen LogP contribution in [0.3, 0.4) is 0 Å². The zero-order valence-electron chi connectivity index (χ0n) is 13.7. The highest BCUT2D eigenvalue weighted by Gasteiger charge is 2.26. The Morgan fingerprint density at radius 2 is 2.00 bits per heavy atom. The van der Waals surface area contributed by atoms with Gasteiger partial charge in [0.05, 0.1) is 7.11 Å². The summed E-state index contributed by atoms with van der Waals surface area (Å²) in [6.07, 6.45) is 2.07. The Bertz CT molecular complexity index is 679. The Kier molecular flexibility index (Phi) is 5.43. The van der Waals surface area contributed by atoms with Crippen molar-refractivity contribution < 1.29 is 13.5 Å². The van der Waals surface area contributed by atoms with Gasteiger partial charge in [-0.3, -0.25) is 0 Å². The minimum Gasteiger partial charge on any atom is -0.493 e. The Morgan fingerprint density at radius 1 is 1.21 bits per heavy atom. The minimum absolute atomic E-state index is 0.101. The molecule has 0 spiro atoms. The molecule has 2 N–H and O–H groups in total. The van der Waals surface area contributed by atoms with Crippen molar-refractivity contribution in [3.8, 4) is 5.75 Å². The molecule has 0 unspecified atom stereocenters. The average molecular weight is 332 g/mol. The van der Waals surface area contributed by atoms with E-state index < -0.39 is 11.6 Å². The van der Waals surface area contributed by atoms with Crippen LogP contribution in [0.4, 0.5) is 8.78 Å². The van der Waals surface area contributed by atoms with E-state index in [2.05, 4.69) is 22.8 Å². The molecule has 0 saturated carbocycles. The molecule has 24 heavy (non-hydrogen) atoms. The van der Waals surface area contributed by atoms with Crippen LogP contribution >= 0.6 is 0 Å². The molecular formula is C19H22F2N2O. The highest BCUT2D eigenvalue weighted by atomic mass is 19.1. The third-order valence-corrected chi connectivity index (χ3v) is 4.46. The Balaban J connectivity index is 1.75. The lowest BCUT2D eigenvalue weighted by Gasteiger charge is -2.34. The van der Waals surface area contributed by atoms with Gasteiger partial charge in [-0.05, 0) is 31.0 Å². The van der Waals surface area contributed by atoms with Crippen molar-refractivity contribution in [2.24, 2.45) is 0 Å². The van der Waals surface area contributed by atoms with Gasteiger partial charge in [0.25, 0.3) is 0 Å². The van der Waals surface area contributed by atoms with Crippen molar-refractivity contribution in [3.05, 3.63) is 65.2 Å². The van der Waals surface area contributed by atoms with Gasteiger partial charge in [0.2, 0.25) is 0 Å². The van der Waals surface area contributed by atoms with E-state index in [0.717, 1.165) is 25.5 Å². The molecule has 5 heteroatoms. The van der Waals surface area contributed by atoms with Crippen LogP contribution in [0, 0.1) is 11.6 Å². The fourth-order valence-corrected chi connectivity index (χ4v) is 3.33. The summed E-state index contributed by atoms with van der Waals surface area (Å²) in [5.74, 6) is -1.16. The lowest BCUT2D eigenvalue weighted by molar-refractivity contribution is 0.301. The van der Waals surface area contributed by atoms with E-state index in [1.165, 1.54) is 18.7 Å². The predicted molar refractivity (Wildman–Crippen MR) is 90.0 cm³/mol. The van der Waals surface area contributed by atoms with Crippen LogP contribution in [0.1, 0.15) is 30.0 Å². The van der Waals surface area contributed by atoms with Gasteiger partial charge in [0.1, 0.15) is 5.82 Å². The molecule has 0 amide bonds. The molecule has 0 radical (unpaired) electrons. The largest absolute Gasteiger partial charge is 0.493 e. The fraction of sp³-hybridized carbons (Fsp3) is 0.368. The van der Waals surface area contributed by atoms with E-state index in [1.807, 2.05) is 18.2 Å². The smallest absolute Gasteiger partial charge is 0.168 e. The second kappa shape index (κ2) is 7.73. The Labute approximate surface area is 141 Å². The summed E-state index contributed by atoms with van der Waals surface area (Å²) >= 11 is 0. The second-order valence-electron chi connectivity index (χ2n) is 6.05. The molecule has 2 aromatic carbocycles. The van der Waals surface area contributed by atoms with E-state index in [0.29, 0.717) is 12.1 Å². The summed E-state index contributed by atoms with van der Waals surface area (Å²) in [6, 6.07) is 12.8. The summed E-state index contributed by atoms with van der Waals surface area (Å²) in [5, 5.41) is 6.97. The first-order chi connectivity index (χ1) is 11.7. The number of benzene rings is 2. The summed E-state index contributed by atoms with van der Waals surface area (Å²) in [6.45, 7) is 1.32. The summed E-state index contributed by atoms with van der Waals surface area (Å²) in [4.78, 5) is 0. The first-order valence-electron chi connectivity index (χ1n) is 8.22. The molecule has 3 rings (SSSR count). The van der Waals surface area contributed by atoms with Gasteiger partial charge in [0, 0.05) is 30.3 Å². The van der Waals surface area contributed by atoms with Crippen LogP contribution in [0.25, 0.3) is 0 Å². The normalized spacial score (nSPS) is 20.8. The number of rotatable bonds is 5. The molecule has 1 heterocycles. The van der Waals surface area contributed by atoms with Gasteiger partial charge in [0.15, 0.2) is 11.6 Å². The third-order valence-electron chi connectivity index (χ3n) is 4.46. The standard InChI is InChI=1S/C19H22F2N2O/c1-24-19-14(10-15(20)11-16(19)21)12-23-17-8-5-9-22-18(17)13-6-3-2-4-7-13/h2-4,6-7,10-11,17-18,22-23H,5,8-9,12H2,1H3/t17-,18-/m0/s1. The van der Waals surface area contributed by atoms with Gasteiger partial charge in [-0.15, -0.1) is 0 Å². The van der Waals surface area contributed by atoms with Crippen LogP contribution in [0.15, 0.2) is 42.5 Å². The summed E-state index contributed by atoms with van der Waals surface area (Å²) in [7, 11) is 1.40. The molecule has 0 aromatic heterocycles. The Morgan fingerprint density at radius 3 is 2.75 bits per heavy atom. The number of nitrogens with one attached hydrogen (secondary N) is 2. The lowest BCUT2D eigenvalue weighted by atomic mass is 9.92. The summed E-state index contributed by atoms with van der Waals surface area (Å²) in [5.41, 5.74) is 1.71. The molecular weight excluding hydrogens is 310 g/mol. The van der Waals surface area contributed by atoms with Crippen molar-refractivity contribution in [1.82, 2.24) is 10.6 Å². The number of methoxy groups -OCH3 is 1. The van der Waals surface area contributed by atoms with Crippen LogP contribution in [0.2, 0.25) is 0 Å². The maximum absolute atomic E-state index is 13.8. The van der Waals surface area contributed by atoms with Gasteiger partial charge < -0.3 is 15.4 Å². The molecule has 2 aromatic rings. The van der Waals surface area contributed by atoms with Gasteiger partial charge in [-0.2, -0.15) is 0 Å². The van der Waals surface area contributed by atoms with Crippen molar-refractivity contribution in [2.45, 2.75) is 31.5 Å². The molecule has 0 aliphatic carbocycles. The highest BCUT2D eigenvalue weighted by Crippen LogP contribution is 2.27.